The lowest BCUT2D eigenvalue weighted by atomic mass is 10.1. The van der Waals surface area contributed by atoms with Crippen LogP contribution in [0.4, 0.5) is 9.52 Å². The first-order valence-corrected chi connectivity index (χ1v) is 10.2. The van der Waals surface area contributed by atoms with Crippen LogP contribution in [0.1, 0.15) is 10.4 Å². The molecule has 3 heterocycles. The number of rotatable bonds is 5. The lowest BCUT2D eigenvalue weighted by molar-refractivity contribution is 0.0984. The summed E-state index contributed by atoms with van der Waals surface area (Å²) >= 11 is 1.28. The molecule has 1 aliphatic rings. The fourth-order valence-corrected chi connectivity index (χ4v) is 4.27. The van der Waals surface area contributed by atoms with E-state index in [0.29, 0.717) is 53.2 Å². The van der Waals surface area contributed by atoms with Crippen LogP contribution in [0.3, 0.4) is 0 Å². The molecule has 0 saturated heterocycles. The molecule has 2 aromatic heterocycles. The monoisotopic (exact) mass is 424 g/mol. The number of benzene rings is 2. The molecule has 0 bridgehead atoms. The fourth-order valence-electron chi connectivity index (χ4n) is 3.27. The van der Waals surface area contributed by atoms with Gasteiger partial charge in [0.2, 0.25) is 0 Å². The third-order valence-corrected chi connectivity index (χ3v) is 5.78. The predicted octanol–water partition coefficient (Wildman–Crippen LogP) is 3.75. The van der Waals surface area contributed by atoms with Crippen LogP contribution in [0.5, 0.6) is 11.5 Å². The number of ether oxygens (including phenoxy) is 2. The molecule has 2 aromatic carbocycles. The van der Waals surface area contributed by atoms with E-state index in [1.54, 1.807) is 46.1 Å². The molecule has 1 aliphatic heterocycles. The molecule has 0 saturated carbocycles. The van der Waals surface area contributed by atoms with Gasteiger partial charge in [0.1, 0.15) is 24.5 Å². The van der Waals surface area contributed by atoms with Crippen LogP contribution in [0.25, 0.3) is 10.2 Å². The number of aromatic nitrogens is 3. The number of carbonyl (C=O) groups excluding carboxylic acids is 1. The van der Waals surface area contributed by atoms with Crippen LogP contribution >= 0.6 is 11.3 Å². The second-order valence-corrected chi connectivity index (χ2v) is 7.68. The molecule has 0 unspecified atom stereocenters. The summed E-state index contributed by atoms with van der Waals surface area (Å²) in [6.45, 7) is 1.72. The third kappa shape index (κ3) is 3.48. The first-order valence-electron chi connectivity index (χ1n) is 9.43. The van der Waals surface area contributed by atoms with Crippen molar-refractivity contribution in [2.24, 2.45) is 0 Å². The van der Waals surface area contributed by atoms with E-state index in [9.17, 15) is 9.18 Å². The molecular formula is C21H17FN4O3S. The fraction of sp³-hybridized carbons (Fsp3) is 0.190. The Balaban J connectivity index is 1.51. The zero-order valence-electron chi connectivity index (χ0n) is 15.8. The Hall–Kier alpha value is -3.46. The van der Waals surface area contributed by atoms with E-state index in [2.05, 4.69) is 10.1 Å². The lowest BCUT2D eigenvalue weighted by Gasteiger charge is -2.22. The van der Waals surface area contributed by atoms with Gasteiger partial charge in [-0.1, -0.05) is 17.4 Å². The van der Waals surface area contributed by atoms with Gasteiger partial charge in [-0.25, -0.2) is 9.37 Å². The average Bonchev–Trinajstić information content (AvgIpc) is 3.44. The van der Waals surface area contributed by atoms with Crippen molar-refractivity contribution in [3.05, 3.63) is 66.2 Å². The van der Waals surface area contributed by atoms with E-state index in [-0.39, 0.29) is 11.4 Å². The largest absolute Gasteiger partial charge is 0.486 e. The molecule has 0 fully saturated rings. The maximum atomic E-state index is 14.2. The smallest absolute Gasteiger partial charge is 0.260 e. The van der Waals surface area contributed by atoms with Crippen LogP contribution in [-0.2, 0) is 6.54 Å². The highest BCUT2D eigenvalue weighted by Crippen LogP contribution is 2.34. The van der Waals surface area contributed by atoms with Gasteiger partial charge in [0.15, 0.2) is 16.6 Å². The normalized spacial score (nSPS) is 12.8. The SMILES string of the molecule is O=C(c1ccc2c(c1)OCCO2)N(CCn1cccn1)c1nc2c(F)cccc2s1. The van der Waals surface area contributed by atoms with Gasteiger partial charge >= 0.3 is 0 Å². The van der Waals surface area contributed by atoms with Crippen molar-refractivity contribution in [2.75, 3.05) is 24.7 Å². The predicted molar refractivity (Wildman–Crippen MR) is 111 cm³/mol. The topological polar surface area (TPSA) is 69.5 Å². The van der Waals surface area contributed by atoms with Gasteiger partial charge in [0.25, 0.3) is 5.91 Å². The zero-order chi connectivity index (χ0) is 20.5. The number of hydrogen-bond donors (Lipinski definition) is 0. The number of nitrogens with zero attached hydrogens (tertiary/aromatic N) is 4. The third-order valence-electron chi connectivity index (χ3n) is 4.74. The summed E-state index contributed by atoms with van der Waals surface area (Å²) in [5.74, 6) is 0.491. The van der Waals surface area contributed by atoms with Gasteiger partial charge in [-0.2, -0.15) is 5.10 Å². The molecule has 0 spiro atoms. The van der Waals surface area contributed by atoms with Crippen molar-refractivity contribution in [1.29, 1.82) is 0 Å². The summed E-state index contributed by atoms with van der Waals surface area (Å²) in [4.78, 5) is 19.4. The molecule has 7 nitrogen and oxygen atoms in total. The van der Waals surface area contributed by atoms with Gasteiger partial charge in [-0.05, 0) is 36.4 Å². The Bertz CT molecular complexity index is 1210. The van der Waals surface area contributed by atoms with Gasteiger partial charge in [-0.15, -0.1) is 0 Å². The first kappa shape index (κ1) is 18.6. The summed E-state index contributed by atoms with van der Waals surface area (Å²) in [7, 11) is 0. The highest BCUT2D eigenvalue weighted by Gasteiger charge is 2.24. The molecule has 4 aromatic rings. The van der Waals surface area contributed by atoms with E-state index in [1.165, 1.54) is 17.4 Å². The molecule has 0 radical (unpaired) electrons. The lowest BCUT2D eigenvalue weighted by Crippen LogP contribution is -2.34. The van der Waals surface area contributed by atoms with Gasteiger partial charge < -0.3 is 9.47 Å². The Morgan fingerprint density at radius 1 is 1.17 bits per heavy atom. The van der Waals surface area contributed by atoms with Crippen LogP contribution in [-0.4, -0.2) is 40.4 Å². The minimum atomic E-state index is -0.409. The van der Waals surface area contributed by atoms with E-state index < -0.39 is 5.82 Å². The van der Waals surface area contributed by atoms with Crippen LogP contribution in [0.15, 0.2) is 54.9 Å². The van der Waals surface area contributed by atoms with Gasteiger partial charge in [0, 0.05) is 24.5 Å². The summed E-state index contributed by atoms with van der Waals surface area (Å²) in [6, 6.07) is 11.7. The Morgan fingerprint density at radius 2 is 2.03 bits per heavy atom. The summed E-state index contributed by atoms with van der Waals surface area (Å²) < 4.78 is 27.7. The first-order chi connectivity index (χ1) is 14.7. The van der Waals surface area contributed by atoms with Gasteiger partial charge in [0.05, 0.1) is 11.2 Å². The van der Waals surface area contributed by atoms with Gasteiger partial charge in [-0.3, -0.25) is 14.4 Å². The number of halogens is 1. The van der Waals surface area contributed by atoms with Crippen molar-refractivity contribution in [3.8, 4) is 11.5 Å². The molecule has 152 valence electrons. The van der Waals surface area contributed by atoms with Crippen molar-refractivity contribution in [3.63, 3.8) is 0 Å². The van der Waals surface area contributed by atoms with E-state index in [1.807, 2.05) is 12.3 Å². The summed E-state index contributed by atoms with van der Waals surface area (Å²) in [6.07, 6.45) is 3.50. The molecule has 30 heavy (non-hydrogen) atoms. The highest BCUT2D eigenvalue weighted by atomic mass is 32.1. The molecular weight excluding hydrogens is 407 g/mol. The van der Waals surface area contributed by atoms with Crippen molar-refractivity contribution >= 4 is 32.6 Å². The standard InChI is InChI=1S/C21H17FN4O3S/c22-15-3-1-4-18-19(15)24-21(30-18)26(10-9-25-8-2-7-23-25)20(27)14-5-6-16-17(13-14)29-12-11-28-16/h1-8,13H,9-12H2. The molecule has 0 aliphatic carbocycles. The maximum absolute atomic E-state index is 14.2. The highest BCUT2D eigenvalue weighted by molar-refractivity contribution is 7.22. The van der Waals surface area contributed by atoms with Crippen molar-refractivity contribution < 1.29 is 18.7 Å². The Kier molecular flexibility index (Phi) is 4.80. The number of thiazole rings is 1. The minimum Gasteiger partial charge on any atom is -0.486 e. The van der Waals surface area contributed by atoms with E-state index in [0.717, 1.165) is 0 Å². The number of fused-ring (bicyclic) bond motifs is 2. The molecule has 1 amide bonds. The molecule has 9 heteroatoms. The van der Waals surface area contributed by atoms with Crippen LogP contribution in [0, 0.1) is 5.82 Å². The number of anilines is 1. The molecule has 0 atom stereocenters. The zero-order valence-corrected chi connectivity index (χ0v) is 16.6. The van der Waals surface area contributed by atoms with Crippen molar-refractivity contribution in [2.45, 2.75) is 6.54 Å². The molecule has 0 N–H and O–H groups in total. The number of amides is 1. The maximum Gasteiger partial charge on any atom is 0.260 e. The second kappa shape index (κ2) is 7.75. The summed E-state index contributed by atoms with van der Waals surface area (Å²) in [5, 5.41) is 4.63. The van der Waals surface area contributed by atoms with E-state index >= 15 is 0 Å². The van der Waals surface area contributed by atoms with Crippen LogP contribution in [0.2, 0.25) is 0 Å². The Morgan fingerprint density at radius 3 is 2.83 bits per heavy atom. The number of hydrogen-bond acceptors (Lipinski definition) is 6. The number of carbonyl (C=O) groups is 1. The van der Waals surface area contributed by atoms with Crippen LogP contribution < -0.4 is 14.4 Å². The quantitative estimate of drug-likeness (QED) is 0.488. The number of para-hydroxylation sites is 1. The summed E-state index contributed by atoms with van der Waals surface area (Å²) in [5.41, 5.74) is 0.705. The van der Waals surface area contributed by atoms with Crippen molar-refractivity contribution in [1.82, 2.24) is 14.8 Å². The Labute approximate surface area is 175 Å². The average molecular weight is 424 g/mol. The second-order valence-electron chi connectivity index (χ2n) is 6.67. The molecule has 5 rings (SSSR count). The minimum absolute atomic E-state index is 0.251. The van der Waals surface area contributed by atoms with E-state index in [4.69, 9.17) is 9.47 Å².